The molecular formula is C16H15F2NO2. The molecule has 0 saturated heterocycles. The molecule has 0 aliphatic rings. The molecule has 2 aromatic rings. The Hall–Kier alpha value is -2.43. The molecule has 0 spiro atoms. The van der Waals surface area contributed by atoms with E-state index in [-0.39, 0.29) is 24.1 Å². The summed E-state index contributed by atoms with van der Waals surface area (Å²) in [7, 11) is 0. The van der Waals surface area contributed by atoms with Gasteiger partial charge in [-0.25, -0.2) is 8.78 Å². The third kappa shape index (κ3) is 4.56. The van der Waals surface area contributed by atoms with E-state index in [4.69, 9.17) is 4.74 Å². The van der Waals surface area contributed by atoms with Crippen LogP contribution in [0.4, 0.5) is 8.78 Å². The van der Waals surface area contributed by atoms with Crippen molar-refractivity contribution in [3.63, 3.8) is 0 Å². The van der Waals surface area contributed by atoms with Gasteiger partial charge in [-0.05, 0) is 48.9 Å². The molecule has 1 N–H and O–H groups in total. The Bertz CT molecular complexity index is 597. The second-order valence-electron chi connectivity index (χ2n) is 4.56. The summed E-state index contributed by atoms with van der Waals surface area (Å²) in [5, 5.41) is 2.69. The third-order valence-electron chi connectivity index (χ3n) is 2.88. The highest BCUT2D eigenvalue weighted by atomic mass is 19.1. The van der Waals surface area contributed by atoms with E-state index in [0.717, 1.165) is 5.56 Å². The van der Waals surface area contributed by atoms with E-state index in [9.17, 15) is 13.6 Å². The van der Waals surface area contributed by atoms with Gasteiger partial charge in [-0.15, -0.1) is 0 Å². The van der Waals surface area contributed by atoms with Crippen LogP contribution in [0.5, 0.6) is 5.75 Å². The van der Waals surface area contributed by atoms with Crippen LogP contribution in [0.1, 0.15) is 12.5 Å². The Balaban J connectivity index is 1.84. The van der Waals surface area contributed by atoms with Gasteiger partial charge >= 0.3 is 0 Å². The fourth-order valence-corrected chi connectivity index (χ4v) is 1.71. The Morgan fingerprint density at radius 2 is 1.57 bits per heavy atom. The first kappa shape index (κ1) is 15.0. The minimum atomic E-state index is -0.712. The topological polar surface area (TPSA) is 38.3 Å². The Morgan fingerprint density at radius 1 is 1.05 bits per heavy atom. The molecule has 5 heteroatoms. The van der Waals surface area contributed by atoms with Gasteiger partial charge in [0.1, 0.15) is 17.4 Å². The van der Waals surface area contributed by atoms with Crippen LogP contribution in [-0.2, 0) is 11.3 Å². The third-order valence-corrected chi connectivity index (χ3v) is 2.88. The lowest BCUT2D eigenvalue weighted by atomic mass is 10.2. The van der Waals surface area contributed by atoms with Crippen molar-refractivity contribution in [2.24, 2.45) is 0 Å². The zero-order valence-corrected chi connectivity index (χ0v) is 11.5. The van der Waals surface area contributed by atoms with E-state index in [1.807, 2.05) is 0 Å². The average molecular weight is 291 g/mol. The molecule has 2 aromatic carbocycles. The molecule has 0 saturated carbocycles. The lowest BCUT2D eigenvalue weighted by Gasteiger charge is -2.14. The predicted molar refractivity (Wildman–Crippen MR) is 74.7 cm³/mol. The molecule has 0 aliphatic carbocycles. The van der Waals surface area contributed by atoms with Gasteiger partial charge in [-0.1, -0.05) is 12.1 Å². The standard InChI is InChI=1S/C16H15F2NO2/c1-11(21-15-8-6-14(18)7-9-15)16(20)19-10-12-2-4-13(17)5-3-12/h2-9,11H,10H2,1H3,(H,19,20)/t11-/m1/s1. The molecule has 2 rings (SSSR count). The normalized spacial score (nSPS) is 11.8. The molecule has 1 amide bonds. The van der Waals surface area contributed by atoms with Crippen molar-refractivity contribution in [3.8, 4) is 5.75 Å². The number of carbonyl (C=O) groups excluding carboxylic acids is 1. The van der Waals surface area contributed by atoms with Crippen LogP contribution < -0.4 is 10.1 Å². The number of benzene rings is 2. The fourth-order valence-electron chi connectivity index (χ4n) is 1.71. The first-order valence-corrected chi connectivity index (χ1v) is 6.49. The van der Waals surface area contributed by atoms with Crippen molar-refractivity contribution < 1.29 is 18.3 Å². The molecular weight excluding hydrogens is 276 g/mol. The van der Waals surface area contributed by atoms with E-state index in [1.54, 1.807) is 19.1 Å². The number of hydrogen-bond acceptors (Lipinski definition) is 2. The maximum absolute atomic E-state index is 12.8. The van der Waals surface area contributed by atoms with Crippen LogP contribution in [-0.4, -0.2) is 12.0 Å². The van der Waals surface area contributed by atoms with Crippen molar-refractivity contribution in [2.75, 3.05) is 0 Å². The smallest absolute Gasteiger partial charge is 0.261 e. The molecule has 3 nitrogen and oxygen atoms in total. The number of halogens is 2. The van der Waals surface area contributed by atoms with Crippen LogP contribution >= 0.6 is 0 Å². The maximum Gasteiger partial charge on any atom is 0.261 e. The molecule has 0 radical (unpaired) electrons. The lowest BCUT2D eigenvalue weighted by Crippen LogP contribution is -2.35. The second-order valence-corrected chi connectivity index (χ2v) is 4.56. The molecule has 0 bridgehead atoms. The highest BCUT2D eigenvalue weighted by Gasteiger charge is 2.14. The molecule has 21 heavy (non-hydrogen) atoms. The summed E-state index contributed by atoms with van der Waals surface area (Å²) in [6.07, 6.45) is -0.712. The van der Waals surface area contributed by atoms with Gasteiger partial charge in [-0.3, -0.25) is 4.79 Å². The number of ether oxygens (including phenoxy) is 1. The average Bonchev–Trinajstić information content (AvgIpc) is 2.48. The van der Waals surface area contributed by atoms with Gasteiger partial charge in [0.2, 0.25) is 0 Å². The number of carbonyl (C=O) groups is 1. The van der Waals surface area contributed by atoms with Crippen LogP contribution in [0.2, 0.25) is 0 Å². The number of hydrogen-bond donors (Lipinski definition) is 1. The van der Waals surface area contributed by atoms with E-state index in [1.165, 1.54) is 36.4 Å². The Labute approximate surface area is 121 Å². The number of amides is 1. The highest BCUT2D eigenvalue weighted by Crippen LogP contribution is 2.13. The highest BCUT2D eigenvalue weighted by molar-refractivity contribution is 5.80. The van der Waals surface area contributed by atoms with Crippen LogP contribution in [0, 0.1) is 11.6 Å². The van der Waals surface area contributed by atoms with E-state index in [2.05, 4.69) is 5.32 Å². The van der Waals surface area contributed by atoms with Gasteiger partial charge in [0, 0.05) is 6.54 Å². The van der Waals surface area contributed by atoms with Crippen LogP contribution in [0.25, 0.3) is 0 Å². The largest absolute Gasteiger partial charge is 0.481 e. The molecule has 0 unspecified atom stereocenters. The van der Waals surface area contributed by atoms with Gasteiger partial charge in [0.05, 0.1) is 0 Å². The molecule has 0 aliphatic heterocycles. The van der Waals surface area contributed by atoms with Crippen LogP contribution in [0.15, 0.2) is 48.5 Å². The summed E-state index contributed by atoms with van der Waals surface area (Å²) in [5.74, 6) is -0.571. The van der Waals surface area contributed by atoms with Crippen LogP contribution in [0.3, 0.4) is 0 Å². The van der Waals surface area contributed by atoms with Gasteiger partial charge in [-0.2, -0.15) is 0 Å². The Morgan fingerprint density at radius 3 is 2.14 bits per heavy atom. The second kappa shape index (κ2) is 6.83. The minimum absolute atomic E-state index is 0.288. The summed E-state index contributed by atoms with van der Waals surface area (Å²) < 4.78 is 30.9. The van der Waals surface area contributed by atoms with Crippen molar-refractivity contribution >= 4 is 5.91 Å². The Kier molecular flexibility index (Phi) is 4.87. The van der Waals surface area contributed by atoms with Crippen molar-refractivity contribution in [1.29, 1.82) is 0 Å². The lowest BCUT2D eigenvalue weighted by molar-refractivity contribution is -0.127. The first-order valence-electron chi connectivity index (χ1n) is 6.49. The van der Waals surface area contributed by atoms with Crippen molar-refractivity contribution in [3.05, 3.63) is 65.7 Å². The predicted octanol–water partition coefficient (Wildman–Crippen LogP) is 3.05. The summed E-state index contributed by atoms with van der Waals surface area (Å²) in [6, 6.07) is 11.3. The molecule has 0 heterocycles. The first-order chi connectivity index (χ1) is 10.0. The van der Waals surface area contributed by atoms with E-state index < -0.39 is 6.10 Å². The van der Waals surface area contributed by atoms with Crippen molar-refractivity contribution in [1.82, 2.24) is 5.32 Å². The zero-order valence-electron chi connectivity index (χ0n) is 11.5. The quantitative estimate of drug-likeness (QED) is 0.919. The van der Waals surface area contributed by atoms with E-state index in [0.29, 0.717) is 5.75 Å². The fraction of sp³-hybridized carbons (Fsp3) is 0.188. The monoisotopic (exact) mass is 291 g/mol. The number of nitrogens with one attached hydrogen (secondary N) is 1. The van der Waals surface area contributed by atoms with Crippen molar-refractivity contribution in [2.45, 2.75) is 19.6 Å². The molecule has 110 valence electrons. The maximum atomic E-state index is 12.8. The molecule has 0 aromatic heterocycles. The van der Waals surface area contributed by atoms with Gasteiger partial charge in [0.15, 0.2) is 6.10 Å². The summed E-state index contributed by atoms with van der Waals surface area (Å²) in [5.41, 5.74) is 0.790. The number of rotatable bonds is 5. The minimum Gasteiger partial charge on any atom is -0.481 e. The van der Waals surface area contributed by atoms with Gasteiger partial charge < -0.3 is 10.1 Å². The summed E-state index contributed by atoms with van der Waals surface area (Å²) in [4.78, 5) is 11.9. The molecule has 1 atom stereocenters. The van der Waals surface area contributed by atoms with Gasteiger partial charge in [0.25, 0.3) is 5.91 Å². The SMILES string of the molecule is C[C@@H](Oc1ccc(F)cc1)C(=O)NCc1ccc(F)cc1. The summed E-state index contributed by atoms with van der Waals surface area (Å²) >= 11 is 0. The molecule has 0 fully saturated rings. The van der Waals surface area contributed by atoms with E-state index >= 15 is 0 Å². The summed E-state index contributed by atoms with van der Waals surface area (Å²) in [6.45, 7) is 1.89. The zero-order chi connectivity index (χ0) is 15.2.